The smallest absolute Gasteiger partial charge is 0.164 e. The van der Waals surface area contributed by atoms with Crippen molar-refractivity contribution in [2.75, 3.05) is 0 Å². The van der Waals surface area contributed by atoms with Gasteiger partial charge >= 0.3 is 0 Å². The number of nitrogens with zero attached hydrogens (tertiary/aromatic N) is 3. The van der Waals surface area contributed by atoms with Gasteiger partial charge in [0.15, 0.2) is 17.5 Å². The van der Waals surface area contributed by atoms with Crippen molar-refractivity contribution in [2.24, 2.45) is 0 Å². The summed E-state index contributed by atoms with van der Waals surface area (Å²) in [7, 11) is 0. The largest absolute Gasteiger partial charge is 0.208 e. The first-order chi connectivity index (χ1) is 28.7. The van der Waals surface area contributed by atoms with E-state index in [1.807, 2.05) is 28.7 Å². The van der Waals surface area contributed by atoms with Crippen LogP contribution in [-0.4, -0.2) is 15.0 Å². The minimum absolute atomic E-state index is 0.648. The second kappa shape index (κ2) is 13.3. The predicted octanol–water partition coefficient (Wildman–Crippen LogP) is 15.2. The van der Waals surface area contributed by atoms with Gasteiger partial charge < -0.3 is 0 Å². The molecule has 12 aromatic rings. The molecular weight excluding hydrogens is 743 g/mol. The van der Waals surface area contributed by atoms with Gasteiger partial charge in [0.2, 0.25) is 0 Å². The van der Waals surface area contributed by atoms with Gasteiger partial charge in [-0.1, -0.05) is 146 Å². The molecule has 5 heteroatoms. The molecule has 0 radical (unpaired) electrons. The van der Waals surface area contributed by atoms with Crippen molar-refractivity contribution in [1.82, 2.24) is 15.0 Å². The van der Waals surface area contributed by atoms with E-state index in [9.17, 15) is 0 Å². The molecule has 0 saturated carbocycles. The minimum atomic E-state index is 0.648. The van der Waals surface area contributed by atoms with Crippen LogP contribution < -0.4 is 0 Å². The first-order valence-corrected chi connectivity index (χ1v) is 21.0. The Balaban J connectivity index is 0.990. The van der Waals surface area contributed by atoms with Gasteiger partial charge in [-0.25, -0.2) is 15.0 Å². The lowest BCUT2D eigenvalue weighted by atomic mass is 9.99. The maximum atomic E-state index is 5.20. The zero-order valence-electron chi connectivity index (χ0n) is 31.1. The lowest BCUT2D eigenvalue weighted by Crippen LogP contribution is -2.00. The molecule has 0 unspecified atom stereocenters. The molecule has 12 rings (SSSR count). The van der Waals surface area contributed by atoms with E-state index in [0.29, 0.717) is 17.5 Å². The van der Waals surface area contributed by atoms with Gasteiger partial charge in [0.25, 0.3) is 0 Å². The molecule has 0 bridgehead atoms. The quantitative estimate of drug-likeness (QED) is 0.175. The molecule has 0 N–H and O–H groups in total. The Morgan fingerprint density at radius 1 is 0.276 bits per heavy atom. The Labute approximate surface area is 342 Å². The van der Waals surface area contributed by atoms with Crippen molar-refractivity contribution >= 4 is 84.6 Å². The average Bonchev–Trinajstić information content (AvgIpc) is 3.86. The van der Waals surface area contributed by atoms with E-state index in [4.69, 9.17) is 15.0 Å². The summed E-state index contributed by atoms with van der Waals surface area (Å²) in [6.45, 7) is 0. The minimum Gasteiger partial charge on any atom is -0.208 e. The molecule has 0 spiro atoms. The fourth-order valence-corrected chi connectivity index (χ4v) is 10.7. The summed E-state index contributed by atoms with van der Waals surface area (Å²) >= 11 is 3.71. The second-order valence-corrected chi connectivity index (χ2v) is 16.9. The molecule has 0 aliphatic carbocycles. The number of hydrogen-bond donors (Lipinski definition) is 0. The first kappa shape index (κ1) is 33.1. The van der Waals surface area contributed by atoms with Crippen molar-refractivity contribution in [2.45, 2.75) is 0 Å². The highest BCUT2D eigenvalue weighted by molar-refractivity contribution is 7.26. The van der Waals surface area contributed by atoms with Gasteiger partial charge in [-0.05, 0) is 86.3 Å². The molecule has 0 saturated heterocycles. The molecule has 9 aromatic carbocycles. The van der Waals surface area contributed by atoms with Crippen LogP contribution in [0, 0.1) is 0 Å². The lowest BCUT2D eigenvalue weighted by Gasteiger charge is -2.11. The van der Waals surface area contributed by atoms with E-state index in [2.05, 4.69) is 182 Å². The molecule has 0 aliphatic rings. The third-order valence-electron chi connectivity index (χ3n) is 11.3. The van der Waals surface area contributed by atoms with Crippen LogP contribution in [0.15, 0.2) is 188 Å². The molecule has 0 aliphatic heterocycles. The number of thiophene rings is 2. The molecule has 3 nitrogen and oxygen atoms in total. The third-order valence-corrected chi connectivity index (χ3v) is 13.7. The van der Waals surface area contributed by atoms with Gasteiger partial charge in [-0.15, -0.1) is 22.7 Å². The maximum Gasteiger partial charge on any atom is 0.164 e. The Morgan fingerprint density at radius 2 is 0.776 bits per heavy atom. The van der Waals surface area contributed by atoms with E-state index < -0.39 is 0 Å². The zero-order valence-corrected chi connectivity index (χ0v) is 32.7. The lowest BCUT2D eigenvalue weighted by molar-refractivity contribution is 1.08. The number of aromatic nitrogens is 3. The van der Waals surface area contributed by atoms with E-state index in [1.165, 1.54) is 67.8 Å². The Kier molecular flexibility index (Phi) is 7.58. The van der Waals surface area contributed by atoms with Gasteiger partial charge in [0.05, 0.1) is 0 Å². The standard InChI is InChI=1S/C53H31N3S2/c1-2-9-32(10-3-1)33-17-19-36(20-18-33)51-54-52(56-53(55-51)43-16-8-13-34-11-4-6-14-40(34)43)39-24-28-48-46(31-39)45-30-38(22-26-47(45)57-48)37-23-27-49-44(29-37)42-25-21-35-12-5-7-15-41(35)50(42)58-49/h1-31H. The Bertz CT molecular complexity index is 3560. The molecular formula is C53H31N3S2. The van der Waals surface area contributed by atoms with Crippen molar-refractivity contribution in [3.8, 4) is 56.4 Å². The molecule has 3 aromatic heterocycles. The van der Waals surface area contributed by atoms with Crippen LogP contribution in [-0.2, 0) is 0 Å². The highest BCUT2D eigenvalue weighted by Gasteiger charge is 2.17. The Morgan fingerprint density at radius 3 is 1.52 bits per heavy atom. The summed E-state index contributed by atoms with van der Waals surface area (Å²) in [5, 5.41) is 9.93. The summed E-state index contributed by atoms with van der Waals surface area (Å²) in [6.07, 6.45) is 0. The van der Waals surface area contributed by atoms with Gasteiger partial charge in [-0.2, -0.15) is 0 Å². The highest BCUT2D eigenvalue weighted by Crippen LogP contribution is 2.42. The number of rotatable bonds is 5. The van der Waals surface area contributed by atoms with Crippen LogP contribution in [0.3, 0.4) is 0 Å². The van der Waals surface area contributed by atoms with Crippen molar-refractivity contribution in [3.05, 3.63) is 188 Å². The molecule has 0 atom stereocenters. The van der Waals surface area contributed by atoms with E-state index in [0.717, 1.165) is 33.0 Å². The fourth-order valence-electron chi connectivity index (χ4n) is 8.40. The summed E-state index contributed by atoms with van der Waals surface area (Å²) in [5.41, 5.74) is 7.65. The molecule has 0 fully saturated rings. The van der Waals surface area contributed by atoms with Crippen LogP contribution in [0.2, 0.25) is 0 Å². The van der Waals surface area contributed by atoms with Crippen molar-refractivity contribution < 1.29 is 0 Å². The van der Waals surface area contributed by atoms with Crippen LogP contribution in [0.25, 0.3) is 118 Å². The normalized spacial score (nSPS) is 11.8. The van der Waals surface area contributed by atoms with Crippen molar-refractivity contribution in [1.29, 1.82) is 0 Å². The van der Waals surface area contributed by atoms with Crippen LogP contribution in [0.4, 0.5) is 0 Å². The third kappa shape index (κ3) is 5.51. The topological polar surface area (TPSA) is 38.7 Å². The zero-order chi connectivity index (χ0) is 38.2. The number of hydrogen-bond acceptors (Lipinski definition) is 5. The summed E-state index contributed by atoms with van der Waals surface area (Å²) in [5.74, 6) is 1.96. The molecule has 58 heavy (non-hydrogen) atoms. The van der Waals surface area contributed by atoms with Gasteiger partial charge in [0, 0.05) is 57.0 Å². The van der Waals surface area contributed by atoms with Crippen LogP contribution in [0.1, 0.15) is 0 Å². The van der Waals surface area contributed by atoms with E-state index in [1.54, 1.807) is 0 Å². The van der Waals surface area contributed by atoms with Crippen LogP contribution >= 0.6 is 22.7 Å². The Hall–Kier alpha value is -7.05. The van der Waals surface area contributed by atoms with E-state index >= 15 is 0 Å². The number of fused-ring (bicyclic) bond motifs is 9. The molecule has 3 heterocycles. The molecule has 0 amide bonds. The van der Waals surface area contributed by atoms with Crippen molar-refractivity contribution in [3.63, 3.8) is 0 Å². The summed E-state index contributed by atoms with van der Waals surface area (Å²) < 4.78 is 5.16. The predicted molar refractivity (Wildman–Crippen MR) is 248 cm³/mol. The van der Waals surface area contributed by atoms with E-state index in [-0.39, 0.29) is 0 Å². The summed E-state index contributed by atoms with van der Waals surface area (Å²) in [4.78, 5) is 15.5. The SMILES string of the molecule is c1ccc(-c2ccc(-c3nc(-c4ccc5sc6ccc(-c7ccc8sc9c%10ccccc%10ccc9c8c7)cc6c5c4)nc(-c4cccc5ccccc45)n3)cc2)cc1. The van der Waals surface area contributed by atoms with Gasteiger partial charge in [-0.3, -0.25) is 0 Å². The average molecular weight is 774 g/mol. The molecule has 270 valence electrons. The number of benzene rings is 9. The first-order valence-electron chi connectivity index (χ1n) is 19.4. The van der Waals surface area contributed by atoms with Gasteiger partial charge in [0.1, 0.15) is 0 Å². The summed E-state index contributed by atoms with van der Waals surface area (Å²) in [6, 6.07) is 67.4. The van der Waals surface area contributed by atoms with Crippen LogP contribution in [0.5, 0.6) is 0 Å². The maximum absolute atomic E-state index is 5.20. The monoisotopic (exact) mass is 773 g/mol. The second-order valence-electron chi connectivity index (χ2n) is 14.8. The highest BCUT2D eigenvalue weighted by atomic mass is 32.1. The fraction of sp³-hybridized carbons (Fsp3) is 0.